The second-order valence-electron chi connectivity index (χ2n) is 4.10. The number of hydrogen-bond donors (Lipinski definition) is 2. The van der Waals surface area contributed by atoms with Crippen LogP contribution >= 0.6 is 0 Å². The first-order valence-electron chi connectivity index (χ1n) is 5.96. The van der Waals surface area contributed by atoms with Crippen LogP contribution in [0.25, 0.3) is 5.65 Å². The minimum Gasteiger partial charge on any atom is -0.478 e. The third kappa shape index (κ3) is 2.16. The first-order chi connectivity index (χ1) is 9.75. The smallest absolute Gasteiger partial charge is 0.339 e. The molecule has 20 heavy (non-hydrogen) atoms. The molecule has 0 aromatic carbocycles. The summed E-state index contributed by atoms with van der Waals surface area (Å²) in [6.07, 6.45) is 3.39. The predicted molar refractivity (Wildman–Crippen MR) is 71.5 cm³/mol. The zero-order valence-electron chi connectivity index (χ0n) is 10.4. The Labute approximate surface area is 113 Å². The maximum atomic E-state index is 11.1. The fourth-order valence-corrected chi connectivity index (χ4v) is 1.89. The summed E-state index contributed by atoms with van der Waals surface area (Å²) in [5.74, 6) is -0.0259. The standard InChI is InChI=1S/C13H11N5O2/c19-13(20)9-4-3-6-14-12(9)15-8-11-17-16-10-5-1-2-7-18(10)11/h1-7H,8H2,(H,14,15)(H,19,20). The summed E-state index contributed by atoms with van der Waals surface area (Å²) in [5.41, 5.74) is 0.866. The summed E-state index contributed by atoms with van der Waals surface area (Å²) < 4.78 is 1.83. The van der Waals surface area contributed by atoms with Gasteiger partial charge in [0.2, 0.25) is 0 Å². The summed E-state index contributed by atoms with van der Waals surface area (Å²) in [6, 6.07) is 8.69. The van der Waals surface area contributed by atoms with Crippen molar-refractivity contribution in [1.82, 2.24) is 19.6 Å². The van der Waals surface area contributed by atoms with E-state index in [4.69, 9.17) is 5.11 Å². The lowest BCUT2D eigenvalue weighted by molar-refractivity contribution is 0.0697. The molecular formula is C13H11N5O2. The third-order valence-electron chi connectivity index (χ3n) is 2.84. The van der Waals surface area contributed by atoms with Gasteiger partial charge in [0.15, 0.2) is 11.5 Å². The highest BCUT2D eigenvalue weighted by atomic mass is 16.4. The van der Waals surface area contributed by atoms with Crippen molar-refractivity contribution in [1.29, 1.82) is 0 Å². The van der Waals surface area contributed by atoms with Gasteiger partial charge in [0.1, 0.15) is 11.4 Å². The summed E-state index contributed by atoms with van der Waals surface area (Å²) in [5, 5.41) is 20.1. The van der Waals surface area contributed by atoms with Gasteiger partial charge in [0.05, 0.1) is 6.54 Å². The number of hydrogen-bond acceptors (Lipinski definition) is 5. The SMILES string of the molecule is O=C(O)c1cccnc1NCc1nnc2ccccn12. The maximum absolute atomic E-state index is 11.1. The molecule has 100 valence electrons. The normalized spacial score (nSPS) is 10.6. The molecule has 0 aliphatic heterocycles. The lowest BCUT2D eigenvalue weighted by atomic mass is 10.2. The Hall–Kier alpha value is -2.96. The Morgan fingerprint density at radius 3 is 3.00 bits per heavy atom. The van der Waals surface area contributed by atoms with E-state index in [1.165, 1.54) is 12.3 Å². The zero-order valence-corrected chi connectivity index (χ0v) is 10.4. The fourth-order valence-electron chi connectivity index (χ4n) is 1.89. The number of aromatic carboxylic acids is 1. The second-order valence-corrected chi connectivity index (χ2v) is 4.10. The van der Waals surface area contributed by atoms with Crippen LogP contribution in [0.1, 0.15) is 16.2 Å². The summed E-state index contributed by atoms with van der Waals surface area (Å²) in [6.45, 7) is 0.336. The quantitative estimate of drug-likeness (QED) is 0.744. The zero-order chi connectivity index (χ0) is 13.9. The van der Waals surface area contributed by atoms with Crippen molar-refractivity contribution in [2.24, 2.45) is 0 Å². The maximum Gasteiger partial charge on any atom is 0.339 e. The van der Waals surface area contributed by atoms with Crippen LogP contribution in [0.5, 0.6) is 0 Å². The molecule has 0 aliphatic carbocycles. The first kappa shape index (κ1) is 12.1. The van der Waals surface area contributed by atoms with Crippen molar-refractivity contribution in [2.45, 2.75) is 6.54 Å². The molecule has 7 nitrogen and oxygen atoms in total. The van der Waals surface area contributed by atoms with Crippen molar-refractivity contribution in [3.05, 3.63) is 54.1 Å². The minimum absolute atomic E-state index is 0.126. The number of nitrogens with one attached hydrogen (secondary N) is 1. The van der Waals surface area contributed by atoms with Gasteiger partial charge in [-0.15, -0.1) is 10.2 Å². The van der Waals surface area contributed by atoms with Gasteiger partial charge < -0.3 is 10.4 Å². The number of carbonyl (C=O) groups is 1. The molecule has 0 spiro atoms. The lowest BCUT2D eigenvalue weighted by Crippen LogP contribution is -2.10. The van der Waals surface area contributed by atoms with Crippen LogP contribution in [-0.2, 0) is 6.54 Å². The molecule has 7 heteroatoms. The van der Waals surface area contributed by atoms with E-state index in [1.54, 1.807) is 6.07 Å². The largest absolute Gasteiger partial charge is 0.478 e. The monoisotopic (exact) mass is 269 g/mol. The molecule has 3 rings (SSSR count). The Kier molecular flexibility index (Phi) is 3.00. The van der Waals surface area contributed by atoms with Gasteiger partial charge in [0, 0.05) is 12.4 Å². The molecule has 0 radical (unpaired) electrons. The van der Waals surface area contributed by atoms with Crippen LogP contribution in [-0.4, -0.2) is 30.7 Å². The number of aromatic nitrogens is 4. The molecule has 0 unspecified atom stereocenters. The van der Waals surface area contributed by atoms with Crippen LogP contribution < -0.4 is 5.32 Å². The van der Waals surface area contributed by atoms with Gasteiger partial charge in [0.25, 0.3) is 0 Å². The van der Waals surface area contributed by atoms with Crippen molar-refractivity contribution in [3.63, 3.8) is 0 Å². The summed E-state index contributed by atoms with van der Waals surface area (Å²) in [4.78, 5) is 15.1. The van der Waals surface area contributed by atoms with Crippen LogP contribution in [0.3, 0.4) is 0 Å². The second kappa shape index (κ2) is 4.96. The Balaban J connectivity index is 1.85. The number of carboxylic acids is 1. The van der Waals surface area contributed by atoms with E-state index >= 15 is 0 Å². The van der Waals surface area contributed by atoms with Gasteiger partial charge in [-0.1, -0.05) is 6.07 Å². The summed E-state index contributed by atoms with van der Waals surface area (Å²) >= 11 is 0. The van der Waals surface area contributed by atoms with Gasteiger partial charge in [-0.2, -0.15) is 0 Å². The van der Waals surface area contributed by atoms with E-state index in [9.17, 15) is 4.79 Å². The molecule has 3 aromatic rings. The highest BCUT2D eigenvalue weighted by Gasteiger charge is 2.11. The fraction of sp³-hybridized carbons (Fsp3) is 0.0769. The lowest BCUT2D eigenvalue weighted by Gasteiger charge is -2.07. The van der Waals surface area contributed by atoms with Crippen molar-refractivity contribution in [3.8, 4) is 0 Å². The Bertz CT molecular complexity index is 768. The van der Waals surface area contributed by atoms with E-state index in [0.717, 1.165) is 5.65 Å². The molecule has 0 atom stereocenters. The van der Waals surface area contributed by atoms with Gasteiger partial charge in [-0.05, 0) is 24.3 Å². The van der Waals surface area contributed by atoms with E-state index < -0.39 is 5.97 Å². The van der Waals surface area contributed by atoms with Crippen molar-refractivity contribution >= 4 is 17.4 Å². The average Bonchev–Trinajstić information content (AvgIpc) is 2.88. The molecule has 0 fully saturated rings. The van der Waals surface area contributed by atoms with Crippen LogP contribution in [0.15, 0.2) is 42.7 Å². The van der Waals surface area contributed by atoms with E-state index in [0.29, 0.717) is 18.2 Å². The molecule has 0 amide bonds. The number of pyridine rings is 2. The Morgan fingerprint density at radius 1 is 1.25 bits per heavy atom. The molecule has 0 bridgehead atoms. The highest BCUT2D eigenvalue weighted by Crippen LogP contribution is 2.12. The van der Waals surface area contributed by atoms with E-state index in [1.807, 2.05) is 28.8 Å². The molecule has 2 N–H and O–H groups in total. The van der Waals surface area contributed by atoms with Crippen molar-refractivity contribution < 1.29 is 9.90 Å². The van der Waals surface area contributed by atoms with E-state index in [-0.39, 0.29) is 5.56 Å². The molecule has 3 aromatic heterocycles. The topological polar surface area (TPSA) is 92.4 Å². The molecule has 0 saturated heterocycles. The van der Waals surface area contributed by atoms with Crippen molar-refractivity contribution in [2.75, 3.05) is 5.32 Å². The molecule has 0 aliphatic rings. The number of carboxylic acid groups (broad SMARTS) is 1. The summed E-state index contributed by atoms with van der Waals surface area (Å²) in [7, 11) is 0. The molecule has 3 heterocycles. The molecular weight excluding hydrogens is 258 g/mol. The number of anilines is 1. The highest BCUT2D eigenvalue weighted by molar-refractivity contribution is 5.92. The van der Waals surface area contributed by atoms with Gasteiger partial charge >= 0.3 is 5.97 Å². The van der Waals surface area contributed by atoms with Crippen LogP contribution in [0.2, 0.25) is 0 Å². The van der Waals surface area contributed by atoms with Crippen LogP contribution in [0.4, 0.5) is 5.82 Å². The first-order valence-corrected chi connectivity index (χ1v) is 5.96. The number of rotatable bonds is 4. The number of nitrogens with zero attached hydrogens (tertiary/aromatic N) is 4. The molecule has 0 saturated carbocycles. The minimum atomic E-state index is -1.02. The van der Waals surface area contributed by atoms with Gasteiger partial charge in [-0.25, -0.2) is 9.78 Å². The van der Waals surface area contributed by atoms with Gasteiger partial charge in [-0.3, -0.25) is 4.40 Å². The number of fused-ring (bicyclic) bond motifs is 1. The predicted octanol–water partition coefficient (Wildman–Crippen LogP) is 1.43. The average molecular weight is 269 g/mol. The van der Waals surface area contributed by atoms with Crippen LogP contribution in [0, 0.1) is 0 Å². The Morgan fingerprint density at radius 2 is 2.15 bits per heavy atom. The third-order valence-corrected chi connectivity index (χ3v) is 2.84. The van der Waals surface area contributed by atoms with E-state index in [2.05, 4.69) is 20.5 Å².